The number of carbonyl (C=O) groups excluding carboxylic acids is 1. The predicted octanol–water partition coefficient (Wildman–Crippen LogP) is 3.50. The quantitative estimate of drug-likeness (QED) is 0.639. The van der Waals surface area contributed by atoms with Crippen LogP contribution in [0.15, 0.2) is 28.7 Å². The van der Waals surface area contributed by atoms with Gasteiger partial charge in [0.25, 0.3) is 0 Å². The van der Waals surface area contributed by atoms with Gasteiger partial charge in [-0.05, 0) is 13.0 Å². The van der Waals surface area contributed by atoms with E-state index in [-0.39, 0.29) is 5.76 Å². The minimum Gasteiger partial charge on any atom is -0.460 e. The Morgan fingerprint density at radius 1 is 1.50 bits per heavy atom. The van der Waals surface area contributed by atoms with Crippen LogP contribution in [0.4, 0.5) is 0 Å². The van der Waals surface area contributed by atoms with E-state index in [2.05, 4.69) is 15.9 Å². The van der Waals surface area contributed by atoms with Crippen molar-refractivity contribution in [2.75, 3.05) is 6.61 Å². The molecule has 0 amide bonds. The van der Waals surface area contributed by atoms with Crippen LogP contribution in [0, 0.1) is 0 Å². The molecule has 2 aromatic rings. The highest BCUT2D eigenvalue weighted by Gasteiger charge is 2.14. The summed E-state index contributed by atoms with van der Waals surface area (Å²) < 4.78 is 10.4. The van der Waals surface area contributed by atoms with Gasteiger partial charge in [-0.15, -0.1) is 0 Å². The van der Waals surface area contributed by atoms with Gasteiger partial charge in [0.15, 0.2) is 0 Å². The van der Waals surface area contributed by atoms with Crippen molar-refractivity contribution >= 4 is 32.9 Å². The van der Waals surface area contributed by atoms with Crippen LogP contribution in [-0.4, -0.2) is 12.6 Å². The molecule has 0 N–H and O–H groups in total. The fourth-order valence-corrected chi connectivity index (χ4v) is 1.97. The van der Waals surface area contributed by atoms with Gasteiger partial charge in [0.1, 0.15) is 5.58 Å². The van der Waals surface area contributed by atoms with Crippen LogP contribution in [0.2, 0.25) is 0 Å². The van der Waals surface area contributed by atoms with Crippen LogP contribution in [0.25, 0.3) is 11.0 Å². The summed E-state index contributed by atoms with van der Waals surface area (Å²) in [5.41, 5.74) is 1.76. The summed E-state index contributed by atoms with van der Waals surface area (Å²) in [6.45, 7) is 2.12. The average molecular weight is 283 g/mol. The van der Waals surface area contributed by atoms with E-state index in [1.54, 1.807) is 13.0 Å². The summed E-state index contributed by atoms with van der Waals surface area (Å²) in [6, 6.07) is 7.51. The molecule has 0 aliphatic rings. The van der Waals surface area contributed by atoms with Gasteiger partial charge in [0.05, 0.1) is 6.61 Å². The van der Waals surface area contributed by atoms with Crippen LogP contribution in [0.5, 0.6) is 0 Å². The summed E-state index contributed by atoms with van der Waals surface area (Å²) in [5.74, 6) is -0.163. The van der Waals surface area contributed by atoms with E-state index in [0.29, 0.717) is 11.9 Å². The van der Waals surface area contributed by atoms with Gasteiger partial charge in [-0.2, -0.15) is 0 Å². The summed E-state index contributed by atoms with van der Waals surface area (Å²) in [5, 5.41) is 1.61. The van der Waals surface area contributed by atoms with Crippen molar-refractivity contribution in [2.24, 2.45) is 0 Å². The van der Waals surface area contributed by atoms with E-state index in [1.807, 2.05) is 18.2 Å². The van der Waals surface area contributed by atoms with Gasteiger partial charge >= 0.3 is 5.97 Å². The number of hydrogen-bond acceptors (Lipinski definition) is 3. The summed E-state index contributed by atoms with van der Waals surface area (Å²) in [7, 11) is 0. The van der Waals surface area contributed by atoms with Crippen LogP contribution < -0.4 is 0 Å². The molecule has 3 nitrogen and oxygen atoms in total. The minimum absolute atomic E-state index is 0.255. The molecule has 1 heterocycles. The molecular weight excluding hydrogens is 272 g/mol. The Bertz CT molecular complexity index is 516. The largest absolute Gasteiger partial charge is 0.460 e. The van der Waals surface area contributed by atoms with Crippen LogP contribution in [0.1, 0.15) is 23.0 Å². The van der Waals surface area contributed by atoms with Crippen molar-refractivity contribution in [1.82, 2.24) is 0 Å². The third-order valence-corrected chi connectivity index (χ3v) is 2.85. The zero-order chi connectivity index (χ0) is 11.5. The van der Waals surface area contributed by atoms with Crippen molar-refractivity contribution in [3.8, 4) is 0 Å². The number of alkyl halides is 1. The van der Waals surface area contributed by atoms with Crippen molar-refractivity contribution in [2.45, 2.75) is 12.3 Å². The molecule has 0 radical (unpaired) electrons. The molecule has 0 saturated carbocycles. The van der Waals surface area contributed by atoms with E-state index in [9.17, 15) is 4.79 Å². The molecule has 0 aliphatic carbocycles. The standard InChI is InChI=1S/C12H11BrO3/c1-2-15-12(14)10-6-8-4-3-5-9(7-13)11(8)16-10/h3-6H,2,7H2,1H3. The van der Waals surface area contributed by atoms with Gasteiger partial charge in [-0.3, -0.25) is 0 Å². The molecule has 0 fully saturated rings. The van der Waals surface area contributed by atoms with Crippen molar-refractivity contribution < 1.29 is 13.9 Å². The number of carbonyl (C=O) groups is 1. The molecule has 0 bridgehead atoms. The molecule has 2 rings (SSSR count). The summed E-state index contributed by atoms with van der Waals surface area (Å²) >= 11 is 3.38. The molecule has 84 valence electrons. The third-order valence-electron chi connectivity index (χ3n) is 2.25. The summed E-state index contributed by atoms with van der Waals surface area (Å²) in [6.07, 6.45) is 0. The maximum Gasteiger partial charge on any atom is 0.374 e. The van der Waals surface area contributed by atoms with E-state index < -0.39 is 5.97 Å². The smallest absolute Gasteiger partial charge is 0.374 e. The number of benzene rings is 1. The number of rotatable bonds is 3. The highest BCUT2D eigenvalue weighted by molar-refractivity contribution is 9.08. The number of hydrogen-bond donors (Lipinski definition) is 0. The number of halogens is 1. The average Bonchev–Trinajstić information content (AvgIpc) is 2.72. The van der Waals surface area contributed by atoms with Crippen molar-refractivity contribution in [3.05, 3.63) is 35.6 Å². The second-order valence-corrected chi connectivity index (χ2v) is 3.86. The van der Waals surface area contributed by atoms with E-state index in [0.717, 1.165) is 16.5 Å². The van der Waals surface area contributed by atoms with Crippen LogP contribution in [0.3, 0.4) is 0 Å². The second-order valence-electron chi connectivity index (χ2n) is 3.30. The molecule has 0 aliphatic heterocycles. The zero-order valence-electron chi connectivity index (χ0n) is 8.83. The topological polar surface area (TPSA) is 39.4 Å². The SMILES string of the molecule is CCOC(=O)c1cc2cccc(CBr)c2o1. The maximum absolute atomic E-state index is 11.5. The lowest BCUT2D eigenvalue weighted by Gasteiger charge is -1.97. The third kappa shape index (κ3) is 1.97. The van der Waals surface area contributed by atoms with E-state index in [4.69, 9.17) is 9.15 Å². The first-order valence-electron chi connectivity index (χ1n) is 5.00. The molecule has 0 saturated heterocycles. The monoisotopic (exact) mass is 282 g/mol. The molecule has 1 aromatic carbocycles. The fraction of sp³-hybridized carbons (Fsp3) is 0.250. The Morgan fingerprint density at radius 2 is 2.31 bits per heavy atom. The fourth-order valence-electron chi connectivity index (χ4n) is 1.53. The second kappa shape index (κ2) is 4.70. The summed E-state index contributed by atoms with van der Waals surface area (Å²) in [4.78, 5) is 11.5. The lowest BCUT2D eigenvalue weighted by Crippen LogP contribution is -2.02. The van der Waals surface area contributed by atoms with Crippen LogP contribution in [-0.2, 0) is 10.1 Å². The van der Waals surface area contributed by atoms with E-state index in [1.165, 1.54) is 0 Å². The predicted molar refractivity (Wildman–Crippen MR) is 64.8 cm³/mol. The molecule has 0 unspecified atom stereocenters. The van der Waals surface area contributed by atoms with Gasteiger partial charge < -0.3 is 9.15 Å². The molecule has 16 heavy (non-hydrogen) atoms. The van der Waals surface area contributed by atoms with Gasteiger partial charge in [0, 0.05) is 16.3 Å². The number of fused-ring (bicyclic) bond motifs is 1. The molecule has 0 spiro atoms. The normalized spacial score (nSPS) is 10.6. The lowest BCUT2D eigenvalue weighted by atomic mass is 10.2. The first-order valence-corrected chi connectivity index (χ1v) is 6.13. The van der Waals surface area contributed by atoms with Gasteiger partial charge in [0.2, 0.25) is 5.76 Å². The lowest BCUT2D eigenvalue weighted by molar-refractivity contribution is 0.0492. The van der Waals surface area contributed by atoms with Crippen molar-refractivity contribution in [1.29, 1.82) is 0 Å². The minimum atomic E-state index is -0.417. The first kappa shape index (κ1) is 11.2. The number of esters is 1. The zero-order valence-corrected chi connectivity index (χ0v) is 10.4. The van der Waals surface area contributed by atoms with Gasteiger partial charge in [-0.1, -0.05) is 34.1 Å². The Morgan fingerprint density at radius 3 is 3.00 bits per heavy atom. The highest BCUT2D eigenvalue weighted by Crippen LogP contribution is 2.25. The van der Waals surface area contributed by atoms with Crippen LogP contribution >= 0.6 is 15.9 Å². The van der Waals surface area contributed by atoms with Crippen molar-refractivity contribution in [3.63, 3.8) is 0 Å². The Balaban J connectivity index is 2.47. The Labute approximate surface area is 102 Å². The van der Waals surface area contributed by atoms with E-state index >= 15 is 0 Å². The first-order chi connectivity index (χ1) is 7.76. The molecule has 4 heteroatoms. The van der Waals surface area contributed by atoms with Gasteiger partial charge in [-0.25, -0.2) is 4.79 Å². The number of para-hydroxylation sites is 1. The Kier molecular flexibility index (Phi) is 3.29. The maximum atomic E-state index is 11.5. The molecular formula is C12H11BrO3. The number of furan rings is 1. The number of ether oxygens (including phenoxy) is 1. The highest BCUT2D eigenvalue weighted by atomic mass is 79.9. The Hall–Kier alpha value is -1.29. The molecule has 1 aromatic heterocycles. The molecule has 0 atom stereocenters.